The molecule has 0 saturated heterocycles. The lowest BCUT2D eigenvalue weighted by molar-refractivity contribution is -0.118. The zero-order chi connectivity index (χ0) is 18.6. The molecule has 0 saturated carbocycles. The van der Waals surface area contributed by atoms with Crippen molar-refractivity contribution in [1.29, 1.82) is 0 Å². The molecule has 2 atom stereocenters. The number of benzene rings is 1. The number of hydrogen-bond donors (Lipinski definition) is 2. The van der Waals surface area contributed by atoms with Crippen molar-refractivity contribution in [3.05, 3.63) is 54.1 Å². The number of nitrogens with zero attached hydrogens (tertiary/aromatic N) is 2. The number of carbonyl (C=O) groups is 1. The highest BCUT2D eigenvalue weighted by atomic mass is 32.2. The first kappa shape index (κ1) is 18.3. The van der Waals surface area contributed by atoms with Crippen LogP contribution in [0.2, 0.25) is 0 Å². The molecule has 2 aliphatic rings. The van der Waals surface area contributed by atoms with Gasteiger partial charge in [0, 0.05) is 18.8 Å². The number of allylic oxidation sites excluding steroid dienone is 2. The zero-order valence-electron chi connectivity index (χ0n) is 14.3. The van der Waals surface area contributed by atoms with Crippen LogP contribution in [-0.2, 0) is 20.4 Å². The van der Waals surface area contributed by atoms with Gasteiger partial charge in [0.2, 0.25) is 5.91 Å². The molecule has 1 amide bonds. The Hall–Kier alpha value is -2.45. The molecule has 3 rings (SSSR count). The van der Waals surface area contributed by atoms with E-state index in [0.29, 0.717) is 5.56 Å². The molecule has 1 aromatic rings. The van der Waals surface area contributed by atoms with Gasteiger partial charge in [-0.3, -0.25) is 9.79 Å². The van der Waals surface area contributed by atoms with Crippen LogP contribution in [0.15, 0.2) is 53.6 Å². The topological polar surface area (TPSA) is 105 Å². The third-order valence-corrected chi connectivity index (χ3v) is 5.68. The number of nitrogens with two attached hydrogens (primary N) is 1. The molecule has 7 nitrogen and oxygen atoms in total. The van der Waals surface area contributed by atoms with Gasteiger partial charge in [-0.15, -0.1) is 0 Å². The summed E-state index contributed by atoms with van der Waals surface area (Å²) in [7, 11) is -3.53. The maximum atomic E-state index is 12.2. The van der Waals surface area contributed by atoms with Crippen molar-refractivity contribution in [3.8, 4) is 0 Å². The van der Waals surface area contributed by atoms with Crippen molar-refractivity contribution in [2.45, 2.75) is 17.8 Å². The van der Waals surface area contributed by atoms with E-state index >= 15 is 0 Å². The van der Waals surface area contributed by atoms with Crippen molar-refractivity contribution >= 4 is 27.8 Å². The predicted octanol–water partition coefficient (Wildman–Crippen LogP) is 0.388. The Bertz CT molecular complexity index is 844. The van der Waals surface area contributed by atoms with Crippen LogP contribution in [0.4, 0.5) is 5.69 Å². The van der Waals surface area contributed by atoms with Gasteiger partial charge in [0.15, 0.2) is 9.84 Å². The summed E-state index contributed by atoms with van der Waals surface area (Å²) in [6, 6.07) is 7.57. The van der Waals surface area contributed by atoms with E-state index in [0.717, 1.165) is 5.69 Å². The predicted molar refractivity (Wildman–Crippen MR) is 103 cm³/mol. The molecule has 3 N–H and O–H groups in total. The van der Waals surface area contributed by atoms with Gasteiger partial charge >= 0.3 is 0 Å². The van der Waals surface area contributed by atoms with Crippen LogP contribution in [0.3, 0.4) is 0 Å². The average molecular weight is 374 g/mol. The van der Waals surface area contributed by atoms with E-state index in [1.54, 1.807) is 12.1 Å². The lowest BCUT2D eigenvalue weighted by Gasteiger charge is -2.25. The van der Waals surface area contributed by atoms with Gasteiger partial charge in [-0.1, -0.05) is 36.4 Å². The van der Waals surface area contributed by atoms with Gasteiger partial charge in [-0.25, -0.2) is 8.42 Å². The molecule has 1 aliphatic carbocycles. The van der Waals surface area contributed by atoms with Gasteiger partial charge in [-0.05, 0) is 17.7 Å². The summed E-state index contributed by atoms with van der Waals surface area (Å²) in [4.78, 5) is 18.1. The van der Waals surface area contributed by atoms with E-state index in [-0.39, 0.29) is 30.9 Å². The monoisotopic (exact) mass is 374 g/mol. The van der Waals surface area contributed by atoms with E-state index in [1.165, 1.54) is 0 Å². The molecular weight excluding hydrogens is 352 g/mol. The Morgan fingerprint density at radius 1 is 1.19 bits per heavy atom. The Morgan fingerprint density at radius 2 is 1.92 bits per heavy atom. The van der Waals surface area contributed by atoms with Crippen LogP contribution < -0.4 is 16.0 Å². The molecule has 0 bridgehead atoms. The van der Waals surface area contributed by atoms with E-state index in [1.807, 2.05) is 30.6 Å². The van der Waals surface area contributed by atoms with E-state index in [9.17, 15) is 13.2 Å². The van der Waals surface area contributed by atoms with Crippen LogP contribution in [0.5, 0.6) is 0 Å². The van der Waals surface area contributed by atoms with Crippen molar-refractivity contribution in [1.82, 2.24) is 5.32 Å². The second kappa shape index (κ2) is 7.84. The van der Waals surface area contributed by atoms with Crippen LogP contribution in [0.25, 0.3) is 0 Å². The molecule has 2 unspecified atom stereocenters. The molecular formula is C18H22N4O3S. The average Bonchev–Trinajstić information content (AvgIpc) is 3.04. The summed E-state index contributed by atoms with van der Waals surface area (Å²) in [5, 5.41) is 2.47. The Balaban J connectivity index is 1.63. The minimum Gasteiger partial charge on any atom is -0.354 e. The van der Waals surface area contributed by atoms with Gasteiger partial charge < -0.3 is 16.0 Å². The number of carbonyl (C=O) groups excluding carboxylic acids is 1. The molecule has 1 aliphatic heterocycles. The third-order valence-electron chi connectivity index (χ3n) is 4.20. The van der Waals surface area contributed by atoms with Crippen LogP contribution in [-0.4, -0.2) is 51.6 Å². The minimum atomic E-state index is -3.53. The highest BCUT2D eigenvalue weighted by Crippen LogP contribution is 2.26. The molecule has 0 fully saturated rings. The maximum absolute atomic E-state index is 12.2. The normalized spacial score (nSPS) is 21.0. The Kier molecular flexibility index (Phi) is 5.53. The molecule has 0 spiro atoms. The number of aliphatic imine (C=N–C) groups is 1. The van der Waals surface area contributed by atoms with Crippen molar-refractivity contribution in [2.75, 3.05) is 23.7 Å². The molecule has 26 heavy (non-hydrogen) atoms. The number of anilines is 1. The summed E-state index contributed by atoms with van der Waals surface area (Å²) in [6.07, 6.45) is 9.94. The van der Waals surface area contributed by atoms with Gasteiger partial charge in [0.1, 0.15) is 5.75 Å². The van der Waals surface area contributed by atoms with E-state index < -0.39 is 21.5 Å². The number of fused-ring (bicyclic) bond motifs is 1. The number of nitrogens with one attached hydrogen (secondary N) is 1. The molecule has 0 aromatic heterocycles. The summed E-state index contributed by atoms with van der Waals surface area (Å²) >= 11 is 0. The van der Waals surface area contributed by atoms with E-state index in [4.69, 9.17) is 5.73 Å². The lowest BCUT2D eigenvalue weighted by Crippen LogP contribution is -2.34. The Morgan fingerprint density at radius 3 is 2.65 bits per heavy atom. The van der Waals surface area contributed by atoms with Crippen LogP contribution in [0.1, 0.15) is 5.56 Å². The van der Waals surface area contributed by atoms with Crippen molar-refractivity contribution < 1.29 is 13.2 Å². The molecule has 1 aromatic carbocycles. The van der Waals surface area contributed by atoms with Crippen LogP contribution in [0, 0.1) is 0 Å². The summed E-state index contributed by atoms with van der Waals surface area (Å²) in [6.45, 7) is 0.548. The number of sulfone groups is 1. The number of rotatable bonds is 7. The van der Waals surface area contributed by atoms with Gasteiger partial charge in [0.05, 0.1) is 24.2 Å². The first-order chi connectivity index (χ1) is 12.5. The standard InChI is InChI=1S/C18H22N4O3S/c19-9-10-20-18(23)12-26(24,25)11-14-5-7-15(8-6-14)22-13-21-16-3-1-2-4-17(16)22/h1-8,13,16-17H,9-12,19H2,(H,20,23). The highest BCUT2D eigenvalue weighted by Gasteiger charge is 2.28. The fourth-order valence-corrected chi connectivity index (χ4v) is 4.28. The summed E-state index contributed by atoms with van der Waals surface area (Å²) in [5.41, 5.74) is 6.88. The van der Waals surface area contributed by atoms with Crippen molar-refractivity contribution in [2.24, 2.45) is 10.7 Å². The maximum Gasteiger partial charge on any atom is 0.235 e. The SMILES string of the molecule is NCCNC(=O)CS(=O)(=O)Cc1ccc(N2C=NC3C=CC=CC32)cc1. The van der Waals surface area contributed by atoms with E-state index in [2.05, 4.69) is 27.4 Å². The Labute approximate surface area is 153 Å². The number of amides is 1. The van der Waals surface area contributed by atoms with Crippen molar-refractivity contribution in [3.63, 3.8) is 0 Å². The molecule has 8 heteroatoms. The minimum absolute atomic E-state index is 0.118. The summed E-state index contributed by atoms with van der Waals surface area (Å²) in [5.74, 6) is -1.23. The van der Waals surface area contributed by atoms with Gasteiger partial charge in [-0.2, -0.15) is 0 Å². The zero-order valence-corrected chi connectivity index (χ0v) is 15.1. The first-order valence-corrected chi connectivity index (χ1v) is 10.2. The smallest absolute Gasteiger partial charge is 0.235 e. The molecule has 0 radical (unpaired) electrons. The molecule has 1 heterocycles. The first-order valence-electron chi connectivity index (χ1n) is 8.41. The van der Waals surface area contributed by atoms with Gasteiger partial charge in [0.25, 0.3) is 0 Å². The fourth-order valence-electron chi connectivity index (χ4n) is 2.98. The second-order valence-electron chi connectivity index (χ2n) is 6.26. The quantitative estimate of drug-likeness (QED) is 0.718. The largest absolute Gasteiger partial charge is 0.354 e. The third kappa shape index (κ3) is 4.39. The molecule has 138 valence electrons. The summed E-state index contributed by atoms with van der Waals surface area (Å²) < 4.78 is 24.3. The number of hydrogen-bond acceptors (Lipinski definition) is 6. The fraction of sp³-hybridized carbons (Fsp3) is 0.333. The van der Waals surface area contributed by atoms with Crippen LogP contribution >= 0.6 is 0 Å². The lowest BCUT2D eigenvalue weighted by atomic mass is 10.0. The highest BCUT2D eigenvalue weighted by molar-refractivity contribution is 7.91. The second-order valence-corrected chi connectivity index (χ2v) is 8.32.